The molecule has 2 heterocycles. The molecule has 0 aliphatic heterocycles. The number of nitriles is 1. The van der Waals surface area contributed by atoms with Gasteiger partial charge in [0, 0.05) is 29.6 Å². The molecule has 0 saturated carbocycles. The lowest BCUT2D eigenvalue weighted by atomic mass is 9.98. The molecule has 2 unspecified atom stereocenters. The zero-order valence-corrected chi connectivity index (χ0v) is 20.0. The van der Waals surface area contributed by atoms with Gasteiger partial charge in [-0.25, -0.2) is 4.98 Å². The minimum Gasteiger partial charge on any atom is -0.309 e. The topological polar surface area (TPSA) is 106 Å². The molecular weight excluding hydrogens is 436 g/mol. The van der Waals surface area contributed by atoms with Crippen LogP contribution >= 0.6 is 0 Å². The molecule has 2 aromatic carbocycles. The summed E-state index contributed by atoms with van der Waals surface area (Å²) in [6, 6.07) is 22.5. The molecule has 4 aromatic rings. The second kappa shape index (κ2) is 10.8. The molecule has 0 aliphatic carbocycles. The summed E-state index contributed by atoms with van der Waals surface area (Å²) in [5, 5.41) is 22.6. The van der Waals surface area contributed by atoms with Crippen LogP contribution in [0.25, 0.3) is 11.1 Å². The van der Waals surface area contributed by atoms with E-state index in [-0.39, 0.29) is 11.8 Å². The van der Waals surface area contributed by atoms with E-state index in [1.807, 2.05) is 74.5 Å². The summed E-state index contributed by atoms with van der Waals surface area (Å²) in [7, 11) is 0. The molecule has 2 atom stereocenters. The van der Waals surface area contributed by atoms with Gasteiger partial charge in [0.2, 0.25) is 5.91 Å². The number of anilines is 1. The first kappa shape index (κ1) is 23.9. The van der Waals surface area contributed by atoms with Crippen molar-refractivity contribution in [1.82, 2.24) is 20.5 Å². The van der Waals surface area contributed by atoms with Gasteiger partial charge in [0.25, 0.3) is 0 Å². The number of nitrogens with one attached hydrogen (secondary N) is 3. The van der Waals surface area contributed by atoms with Crippen molar-refractivity contribution in [2.45, 2.75) is 32.7 Å². The quantitative estimate of drug-likeness (QED) is 0.339. The number of carbonyl (C=O) groups excluding carboxylic acids is 1. The first-order valence-corrected chi connectivity index (χ1v) is 11.5. The molecule has 0 saturated heterocycles. The van der Waals surface area contributed by atoms with E-state index < -0.39 is 6.04 Å². The molecule has 1 amide bonds. The van der Waals surface area contributed by atoms with E-state index in [1.54, 1.807) is 12.3 Å². The van der Waals surface area contributed by atoms with Crippen molar-refractivity contribution >= 4 is 11.7 Å². The molecule has 0 radical (unpaired) electrons. The van der Waals surface area contributed by atoms with Crippen LogP contribution in [0.3, 0.4) is 0 Å². The Balaban J connectivity index is 1.47. The van der Waals surface area contributed by atoms with E-state index in [1.165, 1.54) is 0 Å². The van der Waals surface area contributed by atoms with Gasteiger partial charge in [0.15, 0.2) is 0 Å². The number of H-pyrrole nitrogens is 1. The van der Waals surface area contributed by atoms with Crippen molar-refractivity contribution in [3.63, 3.8) is 0 Å². The van der Waals surface area contributed by atoms with Gasteiger partial charge in [-0.2, -0.15) is 10.4 Å². The van der Waals surface area contributed by atoms with Gasteiger partial charge in [-0.1, -0.05) is 49.4 Å². The van der Waals surface area contributed by atoms with Crippen LogP contribution in [0.15, 0.2) is 72.9 Å². The normalized spacial score (nSPS) is 12.5. The Morgan fingerprint density at radius 1 is 1.03 bits per heavy atom. The number of benzene rings is 2. The average molecular weight is 465 g/mol. The van der Waals surface area contributed by atoms with E-state index in [0.717, 1.165) is 33.6 Å². The summed E-state index contributed by atoms with van der Waals surface area (Å²) in [5.74, 6) is 0.458. The molecule has 176 valence electrons. The molecule has 0 spiro atoms. The number of aromatic nitrogens is 3. The fourth-order valence-corrected chi connectivity index (χ4v) is 4.10. The van der Waals surface area contributed by atoms with Gasteiger partial charge < -0.3 is 10.6 Å². The third-order valence-corrected chi connectivity index (χ3v) is 6.06. The lowest BCUT2D eigenvalue weighted by molar-refractivity contribution is -0.118. The highest BCUT2D eigenvalue weighted by Crippen LogP contribution is 2.25. The van der Waals surface area contributed by atoms with Crippen LogP contribution in [0.5, 0.6) is 0 Å². The number of aromatic amines is 1. The first-order chi connectivity index (χ1) is 17.0. The summed E-state index contributed by atoms with van der Waals surface area (Å²) in [4.78, 5) is 17.8. The summed E-state index contributed by atoms with van der Waals surface area (Å²) in [6.07, 6.45) is 1.75. The van der Waals surface area contributed by atoms with E-state index in [9.17, 15) is 4.79 Å². The van der Waals surface area contributed by atoms with E-state index >= 15 is 0 Å². The van der Waals surface area contributed by atoms with Crippen molar-refractivity contribution in [2.24, 2.45) is 0 Å². The maximum atomic E-state index is 13.3. The molecule has 0 bridgehead atoms. The highest BCUT2D eigenvalue weighted by molar-refractivity contribution is 5.95. The van der Waals surface area contributed by atoms with E-state index in [0.29, 0.717) is 17.9 Å². The zero-order valence-electron chi connectivity index (χ0n) is 20.0. The van der Waals surface area contributed by atoms with Crippen molar-refractivity contribution in [1.29, 1.82) is 5.26 Å². The predicted octanol–water partition coefficient (Wildman–Crippen LogP) is 5.03. The van der Waals surface area contributed by atoms with Crippen molar-refractivity contribution < 1.29 is 4.79 Å². The van der Waals surface area contributed by atoms with Crippen molar-refractivity contribution in [3.05, 3.63) is 101 Å². The SMILES string of the molecule is Cc1n[nH]c(C)c1-c1ccc(NC(=O)C(NCC(C)c2ccc(C#N)cc2)c2ccccc2)nc1. The fourth-order valence-electron chi connectivity index (χ4n) is 4.10. The van der Waals surface area contributed by atoms with E-state index in [4.69, 9.17) is 5.26 Å². The number of pyridine rings is 1. The molecule has 4 rings (SSSR count). The largest absolute Gasteiger partial charge is 0.309 e. The van der Waals surface area contributed by atoms with Gasteiger partial charge in [-0.05, 0) is 55.2 Å². The fraction of sp³-hybridized carbons (Fsp3) is 0.214. The Morgan fingerprint density at radius 2 is 1.77 bits per heavy atom. The number of nitrogens with zero attached hydrogens (tertiary/aromatic N) is 3. The second-order valence-electron chi connectivity index (χ2n) is 8.62. The lowest BCUT2D eigenvalue weighted by Gasteiger charge is -2.21. The third-order valence-electron chi connectivity index (χ3n) is 6.06. The highest BCUT2D eigenvalue weighted by atomic mass is 16.2. The molecule has 7 nitrogen and oxygen atoms in total. The summed E-state index contributed by atoms with van der Waals surface area (Å²) in [5.41, 5.74) is 6.46. The standard InChI is InChI=1S/C28H28N6O/c1-18(22-11-9-21(15-29)10-12-22)16-31-27(23-7-5-4-6-8-23)28(35)32-25-14-13-24(17-30-25)26-19(2)33-34-20(26)3/h4-14,17-18,27,31H,16H2,1-3H3,(H,33,34)(H,30,32,35). The van der Waals surface area contributed by atoms with E-state index in [2.05, 4.69) is 38.8 Å². The molecule has 0 aliphatic rings. The van der Waals surface area contributed by atoms with Gasteiger partial charge >= 0.3 is 0 Å². The van der Waals surface area contributed by atoms with Crippen LogP contribution in [-0.4, -0.2) is 27.6 Å². The number of aryl methyl sites for hydroxylation is 2. The number of carbonyl (C=O) groups is 1. The van der Waals surface area contributed by atoms with Crippen LogP contribution in [0.1, 0.15) is 47.0 Å². The minimum atomic E-state index is -0.545. The van der Waals surface area contributed by atoms with Gasteiger partial charge in [-0.15, -0.1) is 0 Å². The summed E-state index contributed by atoms with van der Waals surface area (Å²) < 4.78 is 0. The lowest BCUT2D eigenvalue weighted by Crippen LogP contribution is -2.35. The summed E-state index contributed by atoms with van der Waals surface area (Å²) >= 11 is 0. The maximum Gasteiger partial charge on any atom is 0.247 e. The van der Waals surface area contributed by atoms with Gasteiger partial charge in [0.05, 0.1) is 17.3 Å². The molecule has 35 heavy (non-hydrogen) atoms. The van der Waals surface area contributed by atoms with Gasteiger partial charge in [-0.3, -0.25) is 9.89 Å². The number of hydrogen-bond acceptors (Lipinski definition) is 5. The Labute approximate surface area is 205 Å². The number of hydrogen-bond donors (Lipinski definition) is 3. The average Bonchev–Trinajstić information content (AvgIpc) is 3.23. The Morgan fingerprint density at radius 3 is 2.37 bits per heavy atom. The molecular formula is C28H28N6O. The Kier molecular flexibility index (Phi) is 7.34. The van der Waals surface area contributed by atoms with Gasteiger partial charge in [0.1, 0.15) is 11.9 Å². The smallest absolute Gasteiger partial charge is 0.247 e. The Bertz CT molecular complexity index is 1300. The second-order valence-corrected chi connectivity index (χ2v) is 8.62. The zero-order chi connectivity index (χ0) is 24.8. The van der Waals surface area contributed by atoms with Crippen LogP contribution in [-0.2, 0) is 4.79 Å². The number of amides is 1. The summed E-state index contributed by atoms with van der Waals surface area (Å²) in [6.45, 7) is 6.60. The minimum absolute atomic E-state index is 0.153. The number of rotatable bonds is 8. The van der Waals surface area contributed by atoms with Crippen LogP contribution in [0.2, 0.25) is 0 Å². The molecule has 0 fully saturated rings. The third kappa shape index (κ3) is 5.62. The first-order valence-electron chi connectivity index (χ1n) is 11.5. The van der Waals surface area contributed by atoms with Crippen molar-refractivity contribution in [2.75, 3.05) is 11.9 Å². The predicted molar refractivity (Wildman–Crippen MR) is 137 cm³/mol. The van der Waals surface area contributed by atoms with Crippen LogP contribution < -0.4 is 10.6 Å². The highest BCUT2D eigenvalue weighted by Gasteiger charge is 2.22. The van der Waals surface area contributed by atoms with Crippen LogP contribution in [0, 0.1) is 25.2 Å². The van der Waals surface area contributed by atoms with Crippen molar-refractivity contribution in [3.8, 4) is 17.2 Å². The molecule has 2 aromatic heterocycles. The molecule has 3 N–H and O–H groups in total. The van der Waals surface area contributed by atoms with Crippen LogP contribution in [0.4, 0.5) is 5.82 Å². The monoisotopic (exact) mass is 464 g/mol. The molecule has 7 heteroatoms. The maximum absolute atomic E-state index is 13.3. The Hall–Kier alpha value is -4.28.